The minimum Gasteiger partial charge on any atom is -0.203 e. The molecule has 0 saturated carbocycles. The Balaban J connectivity index is 2.19. The second-order valence-electron chi connectivity index (χ2n) is 5.01. The SMILES string of the molecule is FC(F)C(F)(F)C(F)(F)C(F)(F)CC1=CC2C=CC1C2. The van der Waals surface area contributed by atoms with E-state index in [0.717, 1.165) is 0 Å². The van der Waals surface area contributed by atoms with Crippen LogP contribution in [0.2, 0.25) is 0 Å². The van der Waals surface area contributed by atoms with Gasteiger partial charge in [0.05, 0.1) is 0 Å². The molecule has 2 unspecified atom stereocenters. The van der Waals surface area contributed by atoms with Crippen LogP contribution in [0.25, 0.3) is 0 Å². The lowest BCUT2D eigenvalue weighted by Crippen LogP contribution is -2.57. The zero-order chi connectivity index (χ0) is 15.3. The minimum atomic E-state index is -6.11. The summed E-state index contributed by atoms with van der Waals surface area (Å²) >= 11 is 0. The smallest absolute Gasteiger partial charge is 0.203 e. The van der Waals surface area contributed by atoms with E-state index in [2.05, 4.69) is 0 Å². The van der Waals surface area contributed by atoms with Crippen LogP contribution in [0.3, 0.4) is 0 Å². The molecule has 0 nitrogen and oxygen atoms in total. The molecule has 8 heteroatoms. The van der Waals surface area contributed by atoms with Crippen molar-refractivity contribution < 1.29 is 35.1 Å². The van der Waals surface area contributed by atoms with Crippen molar-refractivity contribution in [3.8, 4) is 0 Å². The summed E-state index contributed by atoms with van der Waals surface area (Å²) < 4.78 is 102. The average molecular weight is 306 g/mol. The normalized spacial score (nSPS) is 26.6. The van der Waals surface area contributed by atoms with Crippen molar-refractivity contribution >= 4 is 0 Å². The number of allylic oxidation sites excluding steroid dienone is 4. The second-order valence-corrected chi connectivity index (χ2v) is 5.01. The van der Waals surface area contributed by atoms with Gasteiger partial charge in [0.2, 0.25) is 0 Å². The number of halogens is 8. The maximum atomic E-state index is 13.4. The third-order valence-corrected chi connectivity index (χ3v) is 3.60. The van der Waals surface area contributed by atoms with Crippen LogP contribution in [0.4, 0.5) is 35.1 Å². The van der Waals surface area contributed by atoms with Gasteiger partial charge in [0.25, 0.3) is 0 Å². The van der Waals surface area contributed by atoms with Gasteiger partial charge in [-0.3, -0.25) is 0 Å². The van der Waals surface area contributed by atoms with Gasteiger partial charge < -0.3 is 0 Å². The zero-order valence-corrected chi connectivity index (χ0v) is 9.90. The molecular weight excluding hydrogens is 296 g/mol. The van der Waals surface area contributed by atoms with E-state index in [1.807, 2.05) is 0 Å². The summed E-state index contributed by atoms with van der Waals surface area (Å²) in [6, 6.07) is 0. The van der Waals surface area contributed by atoms with Gasteiger partial charge in [-0.1, -0.05) is 23.8 Å². The second kappa shape index (κ2) is 4.46. The molecule has 0 heterocycles. The highest BCUT2D eigenvalue weighted by Crippen LogP contribution is 2.53. The molecule has 0 aromatic heterocycles. The van der Waals surface area contributed by atoms with E-state index >= 15 is 0 Å². The molecule has 0 aromatic rings. The van der Waals surface area contributed by atoms with E-state index in [4.69, 9.17) is 0 Å². The highest BCUT2D eigenvalue weighted by molar-refractivity contribution is 5.31. The zero-order valence-electron chi connectivity index (χ0n) is 9.90. The predicted molar refractivity (Wildman–Crippen MR) is 54.3 cm³/mol. The predicted octanol–water partition coefficient (Wildman–Crippen LogP) is 4.68. The Bertz CT molecular complexity index is 448. The van der Waals surface area contributed by atoms with Gasteiger partial charge in [0.1, 0.15) is 0 Å². The van der Waals surface area contributed by atoms with Gasteiger partial charge >= 0.3 is 24.2 Å². The monoisotopic (exact) mass is 306 g/mol. The summed E-state index contributed by atoms with van der Waals surface area (Å²) in [6.07, 6.45) is -1.56. The number of hydrogen-bond donors (Lipinski definition) is 0. The van der Waals surface area contributed by atoms with E-state index in [1.54, 1.807) is 6.08 Å². The Labute approximate surface area is 109 Å². The van der Waals surface area contributed by atoms with E-state index in [1.165, 1.54) is 12.2 Å². The largest absolute Gasteiger partial charge is 0.378 e. The molecule has 2 bridgehead atoms. The molecule has 0 aromatic carbocycles. The van der Waals surface area contributed by atoms with Gasteiger partial charge in [-0.2, -0.15) is 26.3 Å². The fraction of sp³-hybridized carbons (Fsp3) is 0.667. The van der Waals surface area contributed by atoms with E-state index in [0.29, 0.717) is 6.42 Å². The van der Waals surface area contributed by atoms with Crippen molar-refractivity contribution in [3.63, 3.8) is 0 Å². The first-order chi connectivity index (χ1) is 8.99. The standard InChI is InChI=1S/C12H10F8/c13-9(14)11(17,18)12(19,20)10(15,16)5-8-4-6-1-2-7(8)3-6/h1-2,4,6-7,9H,3,5H2. The summed E-state index contributed by atoms with van der Waals surface area (Å²) in [4.78, 5) is 0. The van der Waals surface area contributed by atoms with Gasteiger partial charge in [0.15, 0.2) is 0 Å². The van der Waals surface area contributed by atoms with Gasteiger partial charge in [0, 0.05) is 6.42 Å². The minimum absolute atomic E-state index is 0.104. The molecule has 2 aliphatic rings. The molecule has 0 fully saturated rings. The molecule has 0 radical (unpaired) electrons. The van der Waals surface area contributed by atoms with Crippen LogP contribution < -0.4 is 0 Å². The first-order valence-electron chi connectivity index (χ1n) is 5.79. The van der Waals surface area contributed by atoms with Crippen molar-refractivity contribution in [2.75, 3.05) is 0 Å². The Kier molecular flexibility index (Phi) is 3.41. The number of rotatable bonds is 5. The topological polar surface area (TPSA) is 0 Å². The highest BCUT2D eigenvalue weighted by atomic mass is 19.4. The molecule has 0 amide bonds. The van der Waals surface area contributed by atoms with Crippen LogP contribution in [-0.4, -0.2) is 24.2 Å². The fourth-order valence-corrected chi connectivity index (χ4v) is 2.46. The molecule has 2 aliphatic carbocycles. The summed E-state index contributed by atoms with van der Waals surface area (Å²) in [5, 5.41) is 0. The summed E-state index contributed by atoms with van der Waals surface area (Å²) in [5.41, 5.74) is -0.104. The fourth-order valence-electron chi connectivity index (χ4n) is 2.46. The maximum absolute atomic E-state index is 13.4. The molecule has 0 spiro atoms. The number of hydrogen-bond acceptors (Lipinski definition) is 0. The van der Waals surface area contributed by atoms with Crippen LogP contribution in [-0.2, 0) is 0 Å². The van der Waals surface area contributed by atoms with Crippen molar-refractivity contribution in [1.82, 2.24) is 0 Å². The van der Waals surface area contributed by atoms with Crippen LogP contribution in [0.5, 0.6) is 0 Å². The van der Waals surface area contributed by atoms with Crippen molar-refractivity contribution in [2.24, 2.45) is 11.8 Å². The first-order valence-corrected chi connectivity index (χ1v) is 5.79. The lowest BCUT2D eigenvalue weighted by atomic mass is 9.92. The van der Waals surface area contributed by atoms with Crippen LogP contribution in [0.15, 0.2) is 23.8 Å². The first kappa shape index (κ1) is 15.3. The highest BCUT2D eigenvalue weighted by Gasteiger charge is 2.75. The molecule has 0 N–H and O–H groups in total. The third-order valence-electron chi connectivity index (χ3n) is 3.60. The summed E-state index contributed by atoms with van der Waals surface area (Å²) in [6.45, 7) is 0. The number of alkyl halides is 8. The van der Waals surface area contributed by atoms with Crippen LogP contribution >= 0.6 is 0 Å². The van der Waals surface area contributed by atoms with Crippen molar-refractivity contribution in [2.45, 2.75) is 37.0 Å². The summed E-state index contributed by atoms with van der Waals surface area (Å²) in [7, 11) is 0. The Hall–Kier alpha value is -1.08. The third kappa shape index (κ3) is 2.13. The molecule has 20 heavy (non-hydrogen) atoms. The van der Waals surface area contributed by atoms with Crippen LogP contribution in [0, 0.1) is 11.8 Å². The van der Waals surface area contributed by atoms with Gasteiger partial charge in [-0.05, 0) is 18.3 Å². The van der Waals surface area contributed by atoms with E-state index in [9.17, 15) is 35.1 Å². The average Bonchev–Trinajstić information content (AvgIpc) is 2.89. The number of fused-ring (bicyclic) bond motifs is 2. The summed E-state index contributed by atoms with van der Waals surface area (Å²) in [5.74, 6) is -18.1. The molecule has 2 atom stereocenters. The lowest BCUT2D eigenvalue weighted by Gasteiger charge is -2.33. The molecule has 2 rings (SSSR count). The Morgan fingerprint density at radius 2 is 1.65 bits per heavy atom. The van der Waals surface area contributed by atoms with Gasteiger partial charge in [-0.15, -0.1) is 0 Å². The van der Waals surface area contributed by atoms with E-state index < -0.39 is 36.5 Å². The quantitative estimate of drug-likeness (QED) is 0.511. The molecule has 0 saturated heterocycles. The van der Waals surface area contributed by atoms with Crippen LogP contribution in [0.1, 0.15) is 12.8 Å². The van der Waals surface area contributed by atoms with Gasteiger partial charge in [-0.25, -0.2) is 8.78 Å². The van der Waals surface area contributed by atoms with E-state index in [-0.39, 0.29) is 11.5 Å². The lowest BCUT2D eigenvalue weighted by molar-refractivity contribution is -0.337. The maximum Gasteiger partial charge on any atom is 0.378 e. The molecular formula is C12H10F8. The molecule has 114 valence electrons. The Morgan fingerprint density at radius 1 is 1.05 bits per heavy atom. The van der Waals surface area contributed by atoms with Crippen molar-refractivity contribution in [1.29, 1.82) is 0 Å². The molecule has 0 aliphatic heterocycles. The Morgan fingerprint density at radius 3 is 2.05 bits per heavy atom. The van der Waals surface area contributed by atoms with Crippen molar-refractivity contribution in [3.05, 3.63) is 23.8 Å².